The zero-order valence-electron chi connectivity index (χ0n) is 13.5. The second kappa shape index (κ2) is 7.40. The van der Waals surface area contributed by atoms with Crippen LogP contribution in [0.3, 0.4) is 0 Å². The van der Waals surface area contributed by atoms with Gasteiger partial charge in [0, 0.05) is 27.2 Å². The lowest BCUT2D eigenvalue weighted by Crippen LogP contribution is -2.40. The van der Waals surface area contributed by atoms with Gasteiger partial charge in [-0.2, -0.15) is 0 Å². The molecule has 2 amide bonds. The smallest absolute Gasteiger partial charge is 0.410 e. The minimum absolute atomic E-state index is 0.201. The SMILES string of the molecule is CN(CCN(C)C(=O)c1cnc(Cl)cn1)C(=O)OC(C)(C)C. The Morgan fingerprint density at radius 1 is 1.14 bits per heavy atom. The van der Waals surface area contributed by atoms with Crippen LogP contribution in [0.2, 0.25) is 5.15 Å². The van der Waals surface area contributed by atoms with Crippen molar-refractivity contribution < 1.29 is 14.3 Å². The quantitative estimate of drug-likeness (QED) is 0.845. The molecule has 122 valence electrons. The van der Waals surface area contributed by atoms with Gasteiger partial charge in [0.25, 0.3) is 5.91 Å². The molecule has 0 aliphatic heterocycles. The van der Waals surface area contributed by atoms with Gasteiger partial charge in [0.15, 0.2) is 0 Å². The Balaban J connectivity index is 2.51. The number of amides is 2. The van der Waals surface area contributed by atoms with Gasteiger partial charge in [-0.1, -0.05) is 11.6 Å². The topological polar surface area (TPSA) is 75.6 Å². The molecule has 0 radical (unpaired) electrons. The lowest BCUT2D eigenvalue weighted by molar-refractivity contribution is 0.0283. The molecular formula is C14H21ClN4O3. The minimum atomic E-state index is -0.550. The molecule has 1 aromatic rings. The molecule has 22 heavy (non-hydrogen) atoms. The van der Waals surface area contributed by atoms with Crippen LogP contribution in [-0.2, 0) is 4.74 Å². The van der Waals surface area contributed by atoms with E-state index in [2.05, 4.69) is 9.97 Å². The molecule has 1 rings (SSSR count). The van der Waals surface area contributed by atoms with Crippen molar-refractivity contribution >= 4 is 23.6 Å². The van der Waals surface area contributed by atoms with E-state index in [-0.39, 0.29) is 16.8 Å². The zero-order chi connectivity index (χ0) is 16.9. The summed E-state index contributed by atoms with van der Waals surface area (Å²) in [5, 5.41) is 0.226. The number of likely N-dealkylation sites (N-methyl/N-ethyl adjacent to an activating group) is 2. The first kappa shape index (κ1) is 18.2. The highest BCUT2D eigenvalue weighted by atomic mass is 35.5. The maximum Gasteiger partial charge on any atom is 0.410 e. The van der Waals surface area contributed by atoms with Gasteiger partial charge in [-0.15, -0.1) is 0 Å². The van der Waals surface area contributed by atoms with Gasteiger partial charge in [0.2, 0.25) is 0 Å². The van der Waals surface area contributed by atoms with Crippen LogP contribution in [0.1, 0.15) is 31.3 Å². The summed E-state index contributed by atoms with van der Waals surface area (Å²) in [6.45, 7) is 6.09. The number of ether oxygens (including phenoxy) is 1. The number of hydrogen-bond acceptors (Lipinski definition) is 5. The van der Waals surface area contributed by atoms with Crippen LogP contribution in [0.5, 0.6) is 0 Å². The number of carbonyl (C=O) groups is 2. The summed E-state index contributed by atoms with van der Waals surface area (Å²) in [6, 6.07) is 0. The molecule has 0 unspecified atom stereocenters. The van der Waals surface area contributed by atoms with Crippen LogP contribution < -0.4 is 0 Å². The van der Waals surface area contributed by atoms with E-state index in [4.69, 9.17) is 16.3 Å². The van der Waals surface area contributed by atoms with Gasteiger partial charge in [-0.25, -0.2) is 14.8 Å². The highest BCUT2D eigenvalue weighted by Gasteiger charge is 2.20. The molecule has 1 aromatic heterocycles. The van der Waals surface area contributed by atoms with E-state index in [1.54, 1.807) is 34.9 Å². The Bertz CT molecular complexity index is 528. The van der Waals surface area contributed by atoms with Crippen molar-refractivity contribution in [3.8, 4) is 0 Å². The van der Waals surface area contributed by atoms with E-state index >= 15 is 0 Å². The molecule has 0 fully saturated rings. The number of nitrogens with zero attached hydrogens (tertiary/aromatic N) is 4. The Morgan fingerprint density at radius 3 is 2.23 bits per heavy atom. The molecule has 0 saturated carbocycles. The fraction of sp³-hybridized carbons (Fsp3) is 0.571. The molecule has 8 heteroatoms. The van der Waals surface area contributed by atoms with Crippen LogP contribution in [0, 0.1) is 0 Å². The summed E-state index contributed by atoms with van der Waals surface area (Å²) >= 11 is 5.63. The Labute approximate surface area is 135 Å². The van der Waals surface area contributed by atoms with Gasteiger partial charge in [0.1, 0.15) is 16.4 Å². The number of aromatic nitrogens is 2. The van der Waals surface area contributed by atoms with Crippen molar-refractivity contribution in [1.82, 2.24) is 19.8 Å². The predicted octanol–water partition coefficient (Wildman–Crippen LogP) is 2.07. The van der Waals surface area contributed by atoms with Crippen LogP contribution in [0.4, 0.5) is 4.79 Å². The second-order valence-electron chi connectivity index (χ2n) is 5.85. The highest BCUT2D eigenvalue weighted by molar-refractivity contribution is 6.29. The van der Waals surface area contributed by atoms with Gasteiger partial charge in [0.05, 0.1) is 12.4 Å². The lowest BCUT2D eigenvalue weighted by Gasteiger charge is -2.26. The summed E-state index contributed by atoms with van der Waals surface area (Å²) in [5.74, 6) is -0.290. The van der Waals surface area contributed by atoms with Crippen molar-refractivity contribution in [3.05, 3.63) is 23.2 Å². The number of hydrogen-bond donors (Lipinski definition) is 0. The van der Waals surface area contributed by atoms with Gasteiger partial charge < -0.3 is 14.5 Å². The molecule has 1 heterocycles. The Morgan fingerprint density at radius 2 is 1.73 bits per heavy atom. The average Bonchev–Trinajstić information content (AvgIpc) is 2.42. The first-order chi connectivity index (χ1) is 10.1. The van der Waals surface area contributed by atoms with E-state index in [1.807, 2.05) is 0 Å². The zero-order valence-corrected chi connectivity index (χ0v) is 14.2. The van der Waals surface area contributed by atoms with Crippen molar-refractivity contribution in [2.75, 3.05) is 27.2 Å². The maximum absolute atomic E-state index is 12.1. The molecule has 0 saturated heterocycles. The molecule has 0 aliphatic carbocycles. The van der Waals surface area contributed by atoms with E-state index in [1.165, 1.54) is 22.2 Å². The third-order valence-corrected chi connectivity index (χ3v) is 2.86. The van der Waals surface area contributed by atoms with Gasteiger partial charge in [-0.3, -0.25) is 4.79 Å². The van der Waals surface area contributed by atoms with E-state index in [0.29, 0.717) is 13.1 Å². The standard InChI is InChI=1S/C14H21ClN4O3/c1-14(2,3)22-13(21)19(5)7-6-18(4)12(20)10-8-17-11(15)9-16-10/h8-9H,6-7H2,1-5H3. The number of rotatable bonds is 4. The van der Waals surface area contributed by atoms with Crippen molar-refractivity contribution in [2.45, 2.75) is 26.4 Å². The molecule has 0 atom stereocenters. The van der Waals surface area contributed by atoms with Crippen molar-refractivity contribution in [1.29, 1.82) is 0 Å². The largest absolute Gasteiger partial charge is 0.444 e. The third-order valence-electron chi connectivity index (χ3n) is 2.66. The van der Waals surface area contributed by atoms with Crippen LogP contribution in [0.15, 0.2) is 12.4 Å². The summed E-state index contributed by atoms with van der Waals surface area (Å²) in [6.07, 6.45) is 2.20. The van der Waals surface area contributed by atoms with Crippen molar-refractivity contribution in [2.24, 2.45) is 0 Å². The maximum atomic E-state index is 12.1. The van der Waals surface area contributed by atoms with Crippen LogP contribution in [0.25, 0.3) is 0 Å². The van der Waals surface area contributed by atoms with Crippen LogP contribution in [-0.4, -0.2) is 64.6 Å². The predicted molar refractivity (Wildman–Crippen MR) is 82.9 cm³/mol. The first-order valence-corrected chi connectivity index (χ1v) is 7.15. The van der Waals surface area contributed by atoms with Crippen molar-refractivity contribution in [3.63, 3.8) is 0 Å². The van der Waals surface area contributed by atoms with E-state index in [0.717, 1.165) is 0 Å². The fourth-order valence-electron chi connectivity index (χ4n) is 1.45. The third kappa shape index (κ3) is 5.85. The highest BCUT2D eigenvalue weighted by Crippen LogP contribution is 2.09. The summed E-state index contributed by atoms with van der Waals surface area (Å²) in [5.41, 5.74) is -0.349. The van der Waals surface area contributed by atoms with Crippen LogP contribution >= 0.6 is 11.6 Å². The van der Waals surface area contributed by atoms with E-state index in [9.17, 15) is 9.59 Å². The average molecular weight is 329 g/mol. The molecule has 0 aliphatic rings. The molecule has 7 nitrogen and oxygen atoms in total. The summed E-state index contributed by atoms with van der Waals surface area (Å²) in [7, 11) is 3.25. The first-order valence-electron chi connectivity index (χ1n) is 6.77. The molecule has 0 aromatic carbocycles. The number of halogens is 1. The molecular weight excluding hydrogens is 308 g/mol. The normalized spacial score (nSPS) is 11.0. The molecule has 0 bridgehead atoms. The second-order valence-corrected chi connectivity index (χ2v) is 6.24. The molecule has 0 spiro atoms. The monoisotopic (exact) mass is 328 g/mol. The Kier molecular flexibility index (Phi) is 6.11. The summed E-state index contributed by atoms with van der Waals surface area (Å²) < 4.78 is 5.24. The minimum Gasteiger partial charge on any atom is -0.444 e. The van der Waals surface area contributed by atoms with Gasteiger partial charge >= 0.3 is 6.09 Å². The fourth-order valence-corrected chi connectivity index (χ4v) is 1.55. The molecule has 0 N–H and O–H groups in total. The van der Waals surface area contributed by atoms with Gasteiger partial charge in [-0.05, 0) is 20.8 Å². The lowest BCUT2D eigenvalue weighted by atomic mass is 10.2. The Hall–Kier alpha value is -1.89. The van der Waals surface area contributed by atoms with E-state index < -0.39 is 11.7 Å². The summed E-state index contributed by atoms with van der Waals surface area (Å²) in [4.78, 5) is 34.5. The number of carbonyl (C=O) groups excluding carboxylic acids is 2.